The maximum Gasteiger partial charge on any atom is 0.340 e. The van der Waals surface area contributed by atoms with Crippen LogP contribution in [0.15, 0.2) is 36.4 Å². The lowest BCUT2D eigenvalue weighted by molar-refractivity contribution is -0.385. The second-order valence-corrected chi connectivity index (χ2v) is 4.85. The first-order valence-electron chi connectivity index (χ1n) is 6.98. The van der Waals surface area contributed by atoms with Gasteiger partial charge >= 0.3 is 11.9 Å². The number of anilines is 2. The van der Waals surface area contributed by atoms with Gasteiger partial charge in [-0.2, -0.15) is 0 Å². The molecule has 0 unspecified atom stereocenters. The van der Waals surface area contributed by atoms with E-state index in [2.05, 4.69) is 4.74 Å². The molecule has 2 rings (SSSR count). The molecule has 0 saturated heterocycles. The van der Waals surface area contributed by atoms with Gasteiger partial charge < -0.3 is 21.3 Å². The summed E-state index contributed by atoms with van der Waals surface area (Å²) in [6, 6.07) is 6.88. The number of nitro groups is 2. The third kappa shape index (κ3) is 5.94. The molecule has 12 heteroatoms. The van der Waals surface area contributed by atoms with E-state index in [9.17, 15) is 29.8 Å². The highest BCUT2D eigenvalue weighted by molar-refractivity contribution is 5.95. The number of non-ortho nitro benzene ring substituents is 2. The maximum atomic E-state index is 11.1. The van der Waals surface area contributed by atoms with Crippen molar-refractivity contribution in [3.05, 3.63) is 67.8 Å². The summed E-state index contributed by atoms with van der Waals surface area (Å²) in [6.07, 6.45) is 0. The Labute approximate surface area is 158 Å². The molecule has 0 fully saturated rings. The highest BCUT2D eigenvalue weighted by Crippen LogP contribution is 2.20. The van der Waals surface area contributed by atoms with Crippen LogP contribution >= 0.6 is 0 Å². The standard InChI is InChI=1S/C8H8N2O4.C7H6N2O4.CH4/c1-14-8(11)6-4-5(10(12)13)2-3-7(6)9;8-6-2-1-4(9(12)13)3-5(6)7(10)11;/h2-4H,9H2,1H3;1-3H,8H2,(H,10,11);1H4. The zero-order valence-corrected chi connectivity index (χ0v) is 13.8. The number of methoxy groups -OCH3 is 1. The average Bonchev–Trinajstić information content (AvgIpc) is 2.61. The zero-order chi connectivity index (χ0) is 20.7. The third-order valence-electron chi connectivity index (χ3n) is 3.13. The molecule has 2 aromatic rings. The molecular weight excluding hydrogens is 376 g/mol. The number of hydrogen-bond acceptors (Lipinski definition) is 9. The fraction of sp³-hybridized carbons (Fsp3) is 0.125. The van der Waals surface area contributed by atoms with Gasteiger partial charge in [-0.1, -0.05) is 7.43 Å². The van der Waals surface area contributed by atoms with Crippen LogP contribution in [0.4, 0.5) is 22.7 Å². The monoisotopic (exact) mass is 394 g/mol. The number of carboxylic acids is 1. The number of rotatable bonds is 4. The van der Waals surface area contributed by atoms with E-state index in [-0.39, 0.29) is 41.3 Å². The van der Waals surface area contributed by atoms with Crippen LogP contribution in [0.3, 0.4) is 0 Å². The van der Waals surface area contributed by atoms with Crippen LogP contribution in [0.25, 0.3) is 0 Å². The summed E-state index contributed by atoms with van der Waals surface area (Å²) >= 11 is 0. The third-order valence-corrected chi connectivity index (χ3v) is 3.13. The van der Waals surface area contributed by atoms with Gasteiger partial charge in [0.1, 0.15) is 0 Å². The maximum absolute atomic E-state index is 11.1. The summed E-state index contributed by atoms with van der Waals surface area (Å²) in [4.78, 5) is 40.9. The van der Waals surface area contributed by atoms with Gasteiger partial charge in [0.2, 0.25) is 0 Å². The molecule has 0 aromatic heterocycles. The van der Waals surface area contributed by atoms with E-state index in [0.717, 1.165) is 18.2 Å². The van der Waals surface area contributed by atoms with Crippen LogP contribution in [0.5, 0.6) is 0 Å². The Balaban J connectivity index is 0.000000504. The quantitative estimate of drug-likeness (QED) is 0.299. The molecule has 0 radical (unpaired) electrons. The van der Waals surface area contributed by atoms with E-state index in [1.54, 1.807) is 0 Å². The van der Waals surface area contributed by atoms with Crippen LogP contribution in [-0.4, -0.2) is 34.0 Å². The van der Waals surface area contributed by atoms with E-state index in [1.165, 1.54) is 25.3 Å². The Hall–Kier alpha value is -4.22. The largest absolute Gasteiger partial charge is 0.478 e. The first-order valence-corrected chi connectivity index (χ1v) is 6.98. The molecule has 0 heterocycles. The van der Waals surface area contributed by atoms with Gasteiger partial charge in [0.05, 0.1) is 28.1 Å². The van der Waals surface area contributed by atoms with Crippen molar-refractivity contribution in [2.24, 2.45) is 0 Å². The number of nitro benzene ring substituents is 2. The molecule has 0 aliphatic heterocycles. The average molecular weight is 394 g/mol. The van der Waals surface area contributed by atoms with E-state index < -0.39 is 21.8 Å². The summed E-state index contributed by atoms with van der Waals surface area (Å²) in [5.74, 6) is -1.97. The van der Waals surface area contributed by atoms with E-state index in [1.807, 2.05) is 0 Å². The lowest BCUT2D eigenvalue weighted by atomic mass is 10.1. The minimum absolute atomic E-state index is 0. The Bertz CT molecular complexity index is 914. The predicted octanol–water partition coefficient (Wildman–Crippen LogP) is 2.47. The highest BCUT2D eigenvalue weighted by atomic mass is 16.6. The van der Waals surface area contributed by atoms with Gasteiger partial charge in [0.25, 0.3) is 11.4 Å². The van der Waals surface area contributed by atoms with Crippen LogP contribution in [0.1, 0.15) is 28.1 Å². The molecule has 0 bridgehead atoms. The van der Waals surface area contributed by atoms with Crippen LogP contribution in [0, 0.1) is 20.2 Å². The van der Waals surface area contributed by atoms with Crippen molar-refractivity contribution in [3.8, 4) is 0 Å². The second-order valence-electron chi connectivity index (χ2n) is 4.85. The Morgan fingerprint density at radius 1 is 0.929 bits per heavy atom. The number of nitrogens with zero attached hydrogens (tertiary/aromatic N) is 2. The van der Waals surface area contributed by atoms with Gasteiger partial charge in [0, 0.05) is 35.6 Å². The van der Waals surface area contributed by atoms with Crippen molar-refractivity contribution in [2.75, 3.05) is 18.6 Å². The fourth-order valence-corrected chi connectivity index (χ4v) is 1.79. The molecule has 0 spiro atoms. The Morgan fingerprint density at radius 2 is 1.32 bits per heavy atom. The molecule has 150 valence electrons. The SMILES string of the molecule is C.COC(=O)c1cc([N+](=O)[O-])ccc1N.Nc1ccc([N+](=O)[O-])cc1C(=O)O. The molecule has 0 atom stereocenters. The van der Waals surface area contributed by atoms with E-state index in [4.69, 9.17) is 16.6 Å². The minimum Gasteiger partial charge on any atom is -0.478 e. The van der Waals surface area contributed by atoms with Crippen molar-refractivity contribution in [3.63, 3.8) is 0 Å². The van der Waals surface area contributed by atoms with Crippen LogP contribution in [-0.2, 0) is 4.74 Å². The number of carbonyl (C=O) groups excluding carboxylic acids is 1. The molecule has 12 nitrogen and oxygen atoms in total. The normalized spacial score (nSPS) is 9.18. The Kier molecular flexibility index (Phi) is 8.54. The molecular formula is C16H18N4O8. The van der Waals surface area contributed by atoms with Crippen LogP contribution < -0.4 is 11.5 Å². The van der Waals surface area contributed by atoms with Gasteiger partial charge in [-0.25, -0.2) is 9.59 Å². The molecule has 0 aliphatic rings. The molecule has 28 heavy (non-hydrogen) atoms. The number of carbonyl (C=O) groups is 2. The smallest absolute Gasteiger partial charge is 0.340 e. The summed E-state index contributed by atoms with van der Waals surface area (Å²) in [5, 5.41) is 29.2. The molecule has 0 saturated carbocycles. The minimum atomic E-state index is -1.28. The van der Waals surface area contributed by atoms with Crippen molar-refractivity contribution in [1.29, 1.82) is 0 Å². The van der Waals surface area contributed by atoms with Gasteiger partial charge in [-0.15, -0.1) is 0 Å². The van der Waals surface area contributed by atoms with Gasteiger partial charge in [-0.3, -0.25) is 20.2 Å². The number of nitrogens with two attached hydrogens (primary N) is 2. The molecule has 0 amide bonds. The molecule has 0 aliphatic carbocycles. The number of hydrogen-bond donors (Lipinski definition) is 3. The number of nitrogen functional groups attached to an aromatic ring is 2. The number of ether oxygens (including phenoxy) is 1. The summed E-state index contributed by atoms with van der Waals surface area (Å²) in [5.41, 5.74) is 10.2. The second kappa shape index (κ2) is 10.1. The highest BCUT2D eigenvalue weighted by Gasteiger charge is 2.15. The van der Waals surface area contributed by atoms with Gasteiger partial charge in [0.15, 0.2) is 0 Å². The summed E-state index contributed by atoms with van der Waals surface area (Å²) in [7, 11) is 1.18. The van der Waals surface area contributed by atoms with E-state index in [0.29, 0.717) is 0 Å². The van der Waals surface area contributed by atoms with Crippen molar-refractivity contribution >= 4 is 34.7 Å². The van der Waals surface area contributed by atoms with Crippen LogP contribution in [0.2, 0.25) is 0 Å². The topological polar surface area (TPSA) is 202 Å². The van der Waals surface area contributed by atoms with Gasteiger partial charge in [-0.05, 0) is 12.1 Å². The number of aromatic carboxylic acids is 1. The van der Waals surface area contributed by atoms with Crippen molar-refractivity contribution < 1.29 is 29.3 Å². The first-order chi connectivity index (χ1) is 12.6. The van der Waals surface area contributed by atoms with Crippen molar-refractivity contribution in [1.82, 2.24) is 0 Å². The number of esters is 1. The predicted molar refractivity (Wildman–Crippen MR) is 100 cm³/mol. The lowest BCUT2D eigenvalue weighted by Crippen LogP contribution is -2.06. The lowest BCUT2D eigenvalue weighted by Gasteiger charge is -2.02. The van der Waals surface area contributed by atoms with E-state index >= 15 is 0 Å². The zero-order valence-electron chi connectivity index (χ0n) is 13.8. The number of benzene rings is 2. The summed E-state index contributed by atoms with van der Waals surface area (Å²) in [6.45, 7) is 0. The first kappa shape index (κ1) is 23.8. The molecule has 2 aromatic carbocycles. The number of carboxylic acid groups (broad SMARTS) is 1. The fourth-order valence-electron chi connectivity index (χ4n) is 1.79. The Morgan fingerprint density at radius 3 is 1.68 bits per heavy atom. The summed E-state index contributed by atoms with van der Waals surface area (Å²) < 4.78 is 4.41. The molecule has 5 N–H and O–H groups in total. The van der Waals surface area contributed by atoms with Crippen molar-refractivity contribution in [2.45, 2.75) is 7.43 Å².